The van der Waals surface area contributed by atoms with Gasteiger partial charge in [-0.25, -0.2) is 0 Å². The molecule has 0 bridgehead atoms. The van der Waals surface area contributed by atoms with Crippen molar-refractivity contribution in [1.29, 1.82) is 15.8 Å². The van der Waals surface area contributed by atoms with E-state index in [0.29, 0.717) is 16.7 Å². The summed E-state index contributed by atoms with van der Waals surface area (Å²) in [4.78, 5) is 0. The van der Waals surface area contributed by atoms with Gasteiger partial charge in [0.05, 0.1) is 62.7 Å². The Labute approximate surface area is 287 Å². The molecular weight excluding hydrogens is 611 g/mol. The van der Waals surface area contributed by atoms with Crippen molar-refractivity contribution in [3.05, 3.63) is 168 Å². The molecule has 0 atom stereocenters. The fourth-order valence-corrected chi connectivity index (χ4v) is 7.44. The van der Waals surface area contributed by atoms with Crippen LogP contribution in [0.5, 0.6) is 0 Å². The van der Waals surface area contributed by atoms with Crippen molar-refractivity contribution in [2.24, 2.45) is 0 Å². The van der Waals surface area contributed by atoms with E-state index in [-0.39, 0.29) is 0 Å². The Hall–Kier alpha value is -7.39. The monoisotopic (exact) mass is 635 g/mol. The molecule has 9 aromatic rings. The summed E-state index contributed by atoms with van der Waals surface area (Å²) in [5.74, 6) is 0. The van der Waals surface area contributed by atoms with E-state index in [1.807, 2.05) is 54.6 Å². The standard InChI is InChI=1S/C45H25N5/c46-26-29-17-22-45-40(23-29)37-12-4-8-16-44(37)50(45)43-15-7-3-11-36(43)39-25-38(31(27-47)24-32(39)28-48)30-18-20-33(21-19-30)49-41-13-5-1-9-34(41)35-10-2-6-14-42(35)49/h1-25H. The Balaban J connectivity index is 1.23. The Kier molecular flexibility index (Phi) is 6.56. The number of rotatable bonds is 4. The van der Waals surface area contributed by atoms with Crippen molar-refractivity contribution in [2.75, 3.05) is 0 Å². The minimum absolute atomic E-state index is 0.423. The zero-order valence-corrected chi connectivity index (χ0v) is 26.7. The maximum atomic E-state index is 10.4. The second-order valence-corrected chi connectivity index (χ2v) is 12.3. The fraction of sp³-hybridized carbons (Fsp3) is 0. The SMILES string of the molecule is N#Cc1ccc2c(c1)c1ccccc1n2-c1ccccc1-c1cc(-c2ccc(-n3c4ccccc4c4ccccc43)cc2)c(C#N)cc1C#N. The van der Waals surface area contributed by atoms with Crippen LogP contribution in [0.2, 0.25) is 0 Å². The van der Waals surface area contributed by atoms with Gasteiger partial charge in [-0.15, -0.1) is 0 Å². The van der Waals surface area contributed by atoms with Gasteiger partial charge in [0, 0.05) is 43.9 Å². The minimum atomic E-state index is 0.423. The number of aromatic nitrogens is 2. The quantitative estimate of drug-likeness (QED) is 0.193. The van der Waals surface area contributed by atoms with Crippen LogP contribution in [0.1, 0.15) is 16.7 Å². The first kappa shape index (κ1) is 28.8. The van der Waals surface area contributed by atoms with Gasteiger partial charge >= 0.3 is 0 Å². The summed E-state index contributed by atoms with van der Waals surface area (Å²) in [7, 11) is 0. The number of benzene rings is 7. The third kappa shape index (κ3) is 4.31. The van der Waals surface area contributed by atoms with Crippen LogP contribution in [0.4, 0.5) is 0 Å². The third-order valence-electron chi connectivity index (χ3n) is 9.65. The summed E-state index contributed by atoms with van der Waals surface area (Å²) in [6.07, 6.45) is 0. The lowest BCUT2D eigenvalue weighted by atomic mass is 9.90. The normalized spacial score (nSPS) is 11.1. The van der Waals surface area contributed by atoms with E-state index in [4.69, 9.17) is 0 Å². The van der Waals surface area contributed by atoms with E-state index in [1.165, 1.54) is 10.8 Å². The van der Waals surface area contributed by atoms with E-state index in [1.54, 1.807) is 6.07 Å². The summed E-state index contributed by atoms with van der Waals surface area (Å²) < 4.78 is 4.46. The molecule has 50 heavy (non-hydrogen) atoms. The molecule has 9 rings (SSSR count). The summed E-state index contributed by atoms with van der Waals surface area (Å²) in [5.41, 5.74) is 10.8. The maximum absolute atomic E-state index is 10.4. The van der Waals surface area contributed by atoms with Crippen molar-refractivity contribution in [2.45, 2.75) is 0 Å². The smallest absolute Gasteiger partial charge is 0.0998 e. The number of hydrogen-bond donors (Lipinski definition) is 0. The summed E-state index contributed by atoms with van der Waals surface area (Å²) in [5, 5.41) is 34.8. The molecule has 0 amide bonds. The van der Waals surface area contributed by atoms with Crippen LogP contribution in [-0.2, 0) is 0 Å². The third-order valence-corrected chi connectivity index (χ3v) is 9.65. The van der Waals surface area contributed by atoms with E-state index in [9.17, 15) is 15.8 Å². The molecule has 230 valence electrons. The van der Waals surface area contributed by atoms with Crippen LogP contribution in [0.15, 0.2) is 152 Å². The fourth-order valence-electron chi connectivity index (χ4n) is 7.44. The first-order chi connectivity index (χ1) is 24.7. The van der Waals surface area contributed by atoms with Crippen LogP contribution >= 0.6 is 0 Å². The lowest BCUT2D eigenvalue weighted by molar-refractivity contribution is 1.18. The molecule has 2 heterocycles. The van der Waals surface area contributed by atoms with Crippen LogP contribution in [0.25, 0.3) is 77.2 Å². The molecule has 5 heteroatoms. The molecule has 7 aromatic carbocycles. The van der Waals surface area contributed by atoms with Gasteiger partial charge in [-0.3, -0.25) is 0 Å². The highest BCUT2D eigenvalue weighted by atomic mass is 15.0. The van der Waals surface area contributed by atoms with Crippen LogP contribution in [-0.4, -0.2) is 9.13 Å². The molecule has 0 N–H and O–H groups in total. The van der Waals surface area contributed by atoms with Crippen molar-refractivity contribution >= 4 is 43.6 Å². The number of hydrogen-bond acceptors (Lipinski definition) is 3. The average molecular weight is 636 g/mol. The highest BCUT2D eigenvalue weighted by Crippen LogP contribution is 2.40. The van der Waals surface area contributed by atoms with Gasteiger partial charge in [0.2, 0.25) is 0 Å². The Morgan fingerprint density at radius 3 is 1.56 bits per heavy atom. The number of fused-ring (bicyclic) bond motifs is 6. The molecule has 0 aliphatic carbocycles. The predicted molar refractivity (Wildman–Crippen MR) is 200 cm³/mol. The number of para-hydroxylation sites is 4. The second kappa shape index (κ2) is 11.4. The molecule has 0 fully saturated rings. The summed E-state index contributed by atoms with van der Waals surface area (Å²) >= 11 is 0. The van der Waals surface area contributed by atoms with Gasteiger partial charge in [0.25, 0.3) is 0 Å². The van der Waals surface area contributed by atoms with Crippen LogP contribution in [0.3, 0.4) is 0 Å². The largest absolute Gasteiger partial charge is 0.309 e. The molecule has 0 saturated carbocycles. The lowest BCUT2D eigenvalue weighted by Gasteiger charge is -2.17. The Morgan fingerprint density at radius 1 is 0.380 bits per heavy atom. The lowest BCUT2D eigenvalue weighted by Crippen LogP contribution is -1.99. The van der Waals surface area contributed by atoms with Gasteiger partial charge in [-0.1, -0.05) is 84.9 Å². The van der Waals surface area contributed by atoms with Gasteiger partial charge in [0.15, 0.2) is 0 Å². The molecular formula is C45H25N5. The Bertz CT molecular complexity index is 2900. The Morgan fingerprint density at radius 2 is 0.920 bits per heavy atom. The van der Waals surface area contributed by atoms with Crippen LogP contribution in [0, 0.1) is 34.0 Å². The molecule has 0 radical (unpaired) electrons. The average Bonchev–Trinajstić information content (AvgIpc) is 3.70. The van der Waals surface area contributed by atoms with Crippen molar-refractivity contribution in [3.63, 3.8) is 0 Å². The van der Waals surface area contributed by atoms with Gasteiger partial charge in [-0.05, 0) is 72.3 Å². The first-order valence-electron chi connectivity index (χ1n) is 16.3. The molecule has 5 nitrogen and oxygen atoms in total. The zero-order chi connectivity index (χ0) is 33.8. The van der Waals surface area contributed by atoms with E-state index in [2.05, 4.69) is 118 Å². The topological polar surface area (TPSA) is 81.2 Å². The highest BCUT2D eigenvalue weighted by Gasteiger charge is 2.20. The first-order valence-corrected chi connectivity index (χ1v) is 16.3. The number of nitriles is 3. The molecule has 0 spiro atoms. The van der Waals surface area contributed by atoms with Crippen molar-refractivity contribution < 1.29 is 0 Å². The predicted octanol–water partition coefficient (Wildman–Crippen LogP) is 10.8. The van der Waals surface area contributed by atoms with Gasteiger partial charge in [-0.2, -0.15) is 15.8 Å². The second-order valence-electron chi connectivity index (χ2n) is 12.3. The minimum Gasteiger partial charge on any atom is -0.309 e. The number of nitrogens with zero attached hydrogens (tertiary/aromatic N) is 5. The van der Waals surface area contributed by atoms with Crippen molar-refractivity contribution in [1.82, 2.24) is 9.13 Å². The van der Waals surface area contributed by atoms with Crippen LogP contribution < -0.4 is 0 Å². The molecule has 0 saturated heterocycles. The summed E-state index contributed by atoms with van der Waals surface area (Å²) in [6.45, 7) is 0. The summed E-state index contributed by atoms with van der Waals surface area (Å²) in [6, 6.07) is 57.8. The molecule has 2 aromatic heterocycles. The molecule has 0 unspecified atom stereocenters. The van der Waals surface area contributed by atoms with Gasteiger partial charge in [0.1, 0.15) is 0 Å². The molecule has 0 aliphatic heterocycles. The zero-order valence-electron chi connectivity index (χ0n) is 26.7. The van der Waals surface area contributed by atoms with E-state index in [0.717, 1.165) is 66.5 Å². The van der Waals surface area contributed by atoms with E-state index >= 15 is 0 Å². The van der Waals surface area contributed by atoms with E-state index < -0.39 is 0 Å². The van der Waals surface area contributed by atoms with Gasteiger partial charge < -0.3 is 9.13 Å². The highest BCUT2D eigenvalue weighted by molar-refractivity contribution is 6.11. The molecule has 0 aliphatic rings. The maximum Gasteiger partial charge on any atom is 0.0998 e. The van der Waals surface area contributed by atoms with Crippen molar-refractivity contribution in [3.8, 4) is 51.8 Å².